The molecule has 8 nitrogen and oxygen atoms in total. The van der Waals surface area contributed by atoms with Gasteiger partial charge >= 0.3 is 11.9 Å². The van der Waals surface area contributed by atoms with Gasteiger partial charge in [0.15, 0.2) is 0 Å². The molecule has 0 heterocycles. The van der Waals surface area contributed by atoms with Crippen LogP contribution in [0.2, 0.25) is 0 Å². The van der Waals surface area contributed by atoms with E-state index in [0.29, 0.717) is 6.42 Å². The molecule has 9 heteroatoms. The van der Waals surface area contributed by atoms with Crippen LogP contribution < -0.4 is 10.6 Å². The van der Waals surface area contributed by atoms with Gasteiger partial charge in [-0.15, -0.1) is 11.8 Å². The first kappa shape index (κ1) is 26.5. The topological polar surface area (TPSA) is 122 Å². The van der Waals surface area contributed by atoms with Gasteiger partial charge in [-0.2, -0.15) is 0 Å². The largest absolute Gasteiger partial charge is 0.481 e. The van der Waals surface area contributed by atoms with Crippen molar-refractivity contribution in [2.75, 3.05) is 19.9 Å². The van der Waals surface area contributed by atoms with Crippen molar-refractivity contribution in [2.45, 2.75) is 44.0 Å². The van der Waals surface area contributed by atoms with Gasteiger partial charge < -0.3 is 20.5 Å². The molecule has 1 aromatic rings. The zero-order valence-electron chi connectivity index (χ0n) is 18.4. The molecule has 2 amide bonds. The molecule has 0 saturated carbocycles. The molecular weight excluding hydrogens is 420 g/mol. The summed E-state index contributed by atoms with van der Waals surface area (Å²) in [5, 5.41) is 15.0. The molecular formula is C22H32N2O6S. The number of aliphatic carboxylic acids is 1. The second-order valence-corrected chi connectivity index (χ2v) is 8.69. The predicted octanol–water partition coefficient (Wildman–Crippen LogP) is 2.33. The third kappa shape index (κ3) is 9.42. The molecule has 0 spiro atoms. The summed E-state index contributed by atoms with van der Waals surface area (Å²) in [4.78, 5) is 49.7. The number of carboxylic acids is 1. The average molecular weight is 453 g/mol. The Morgan fingerprint density at radius 1 is 1.06 bits per heavy atom. The number of amides is 2. The van der Waals surface area contributed by atoms with E-state index >= 15 is 0 Å². The van der Waals surface area contributed by atoms with Gasteiger partial charge in [0.25, 0.3) is 0 Å². The molecule has 0 radical (unpaired) electrons. The van der Waals surface area contributed by atoms with E-state index in [-0.39, 0.29) is 24.5 Å². The SMILES string of the molecule is CNC(=O)[C@H](CCC(=O)OC)NC(=O)[C@H](CC(C)C)C(CSc1ccccc1)C(=O)O. The molecule has 0 bridgehead atoms. The number of hydrogen-bond acceptors (Lipinski definition) is 6. The molecule has 31 heavy (non-hydrogen) atoms. The lowest BCUT2D eigenvalue weighted by atomic mass is 9.85. The number of hydrogen-bond donors (Lipinski definition) is 3. The van der Waals surface area contributed by atoms with Crippen molar-refractivity contribution in [3.8, 4) is 0 Å². The van der Waals surface area contributed by atoms with E-state index in [1.165, 1.54) is 25.9 Å². The van der Waals surface area contributed by atoms with E-state index in [1.807, 2.05) is 44.2 Å². The van der Waals surface area contributed by atoms with E-state index in [4.69, 9.17) is 0 Å². The number of benzene rings is 1. The van der Waals surface area contributed by atoms with Crippen LogP contribution in [0.5, 0.6) is 0 Å². The van der Waals surface area contributed by atoms with E-state index in [2.05, 4.69) is 15.4 Å². The molecule has 0 saturated heterocycles. The third-order valence-corrected chi connectivity index (χ3v) is 5.91. The van der Waals surface area contributed by atoms with Crippen molar-refractivity contribution in [1.82, 2.24) is 10.6 Å². The lowest BCUT2D eigenvalue weighted by molar-refractivity contribution is -0.147. The van der Waals surface area contributed by atoms with Crippen molar-refractivity contribution in [3.05, 3.63) is 30.3 Å². The van der Waals surface area contributed by atoms with Gasteiger partial charge in [0.2, 0.25) is 11.8 Å². The maximum Gasteiger partial charge on any atom is 0.308 e. The van der Waals surface area contributed by atoms with Crippen LogP contribution in [0.25, 0.3) is 0 Å². The normalized spacial score (nSPS) is 13.7. The van der Waals surface area contributed by atoms with Crippen molar-refractivity contribution in [3.63, 3.8) is 0 Å². The molecule has 1 rings (SSSR count). The van der Waals surface area contributed by atoms with Crippen LogP contribution in [0.15, 0.2) is 35.2 Å². The number of likely N-dealkylation sites (N-methyl/N-ethyl adjacent to an activating group) is 1. The summed E-state index contributed by atoms with van der Waals surface area (Å²) in [7, 11) is 2.68. The molecule has 0 fully saturated rings. The Bertz CT molecular complexity index is 741. The maximum atomic E-state index is 13.1. The quantitative estimate of drug-likeness (QED) is 0.310. The highest BCUT2D eigenvalue weighted by Gasteiger charge is 2.36. The monoisotopic (exact) mass is 452 g/mol. The van der Waals surface area contributed by atoms with Crippen LogP contribution in [0.3, 0.4) is 0 Å². The summed E-state index contributed by atoms with van der Waals surface area (Å²) in [6.07, 6.45) is 0.370. The minimum atomic E-state index is -1.06. The van der Waals surface area contributed by atoms with E-state index in [1.54, 1.807) is 0 Å². The highest BCUT2D eigenvalue weighted by atomic mass is 32.2. The highest BCUT2D eigenvalue weighted by Crippen LogP contribution is 2.29. The smallest absolute Gasteiger partial charge is 0.308 e. The Kier molecular flexibility index (Phi) is 11.7. The van der Waals surface area contributed by atoms with Crippen LogP contribution in [0, 0.1) is 17.8 Å². The number of carbonyl (C=O) groups excluding carboxylic acids is 3. The molecule has 1 aromatic carbocycles. The summed E-state index contributed by atoms with van der Waals surface area (Å²) < 4.78 is 4.60. The first-order valence-electron chi connectivity index (χ1n) is 10.2. The average Bonchev–Trinajstić information content (AvgIpc) is 2.75. The molecule has 0 aliphatic rings. The van der Waals surface area contributed by atoms with Crippen LogP contribution >= 0.6 is 11.8 Å². The fourth-order valence-corrected chi connectivity index (χ4v) is 4.21. The van der Waals surface area contributed by atoms with Crippen LogP contribution in [-0.2, 0) is 23.9 Å². The summed E-state index contributed by atoms with van der Waals surface area (Å²) in [5.74, 6) is -3.97. The van der Waals surface area contributed by atoms with Gasteiger partial charge in [-0.05, 0) is 30.9 Å². The molecule has 0 aromatic heterocycles. The van der Waals surface area contributed by atoms with Crippen molar-refractivity contribution in [2.24, 2.45) is 17.8 Å². The van der Waals surface area contributed by atoms with Gasteiger partial charge in [-0.25, -0.2) is 0 Å². The Labute approximate surface area is 187 Å². The minimum absolute atomic E-state index is 0.0457. The first-order valence-corrected chi connectivity index (χ1v) is 11.2. The fraction of sp³-hybridized carbons (Fsp3) is 0.545. The first-order chi connectivity index (χ1) is 14.7. The lowest BCUT2D eigenvalue weighted by Crippen LogP contribution is -2.50. The second kappa shape index (κ2) is 13.7. The van der Waals surface area contributed by atoms with Crippen molar-refractivity contribution < 1.29 is 29.0 Å². The number of thioether (sulfide) groups is 1. The summed E-state index contributed by atoms with van der Waals surface area (Å²) >= 11 is 1.38. The fourth-order valence-electron chi connectivity index (χ4n) is 3.11. The molecule has 3 atom stereocenters. The Hall–Kier alpha value is -2.55. The maximum absolute atomic E-state index is 13.1. The summed E-state index contributed by atoms with van der Waals surface area (Å²) in [5.41, 5.74) is 0. The molecule has 0 aliphatic carbocycles. The Balaban J connectivity index is 3.00. The van der Waals surface area contributed by atoms with E-state index < -0.39 is 41.6 Å². The van der Waals surface area contributed by atoms with Gasteiger partial charge in [-0.3, -0.25) is 19.2 Å². The number of rotatable bonds is 13. The standard InChI is InChI=1S/C22H32N2O6S/c1-14(2)12-16(17(22(28)29)13-31-15-8-6-5-7-9-15)20(26)24-18(21(27)23-3)10-11-19(25)30-4/h5-9,14,16-18H,10-13H2,1-4H3,(H,23,27)(H,24,26)(H,28,29)/t16-,17?,18+/m1/s1. The van der Waals surface area contributed by atoms with Crippen molar-refractivity contribution in [1.29, 1.82) is 0 Å². The summed E-state index contributed by atoms with van der Waals surface area (Å²) in [6.45, 7) is 3.83. The highest BCUT2D eigenvalue weighted by molar-refractivity contribution is 7.99. The van der Waals surface area contributed by atoms with Crippen LogP contribution in [0.1, 0.15) is 33.1 Å². The van der Waals surface area contributed by atoms with E-state index in [9.17, 15) is 24.3 Å². The Morgan fingerprint density at radius 3 is 2.23 bits per heavy atom. The number of esters is 1. The van der Waals surface area contributed by atoms with Crippen LogP contribution in [-0.4, -0.2) is 54.8 Å². The minimum Gasteiger partial charge on any atom is -0.481 e. The van der Waals surface area contributed by atoms with Crippen LogP contribution in [0.4, 0.5) is 0 Å². The summed E-state index contributed by atoms with van der Waals surface area (Å²) in [6, 6.07) is 8.42. The second-order valence-electron chi connectivity index (χ2n) is 7.60. The number of ether oxygens (including phenoxy) is 1. The zero-order valence-corrected chi connectivity index (χ0v) is 19.2. The molecule has 172 valence electrons. The number of carboxylic acid groups (broad SMARTS) is 1. The number of carbonyl (C=O) groups is 4. The molecule has 1 unspecified atom stereocenters. The third-order valence-electron chi connectivity index (χ3n) is 4.78. The Morgan fingerprint density at radius 2 is 1.71 bits per heavy atom. The van der Waals surface area contributed by atoms with Gasteiger partial charge in [0.1, 0.15) is 6.04 Å². The molecule has 0 aliphatic heterocycles. The zero-order chi connectivity index (χ0) is 23.4. The van der Waals surface area contributed by atoms with E-state index in [0.717, 1.165) is 4.90 Å². The molecule has 3 N–H and O–H groups in total. The number of methoxy groups -OCH3 is 1. The van der Waals surface area contributed by atoms with Gasteiger partial charge in [-0.1, -0.05) is 32.0 Å². The number of nitrogens with one attached hydrogen (secondary N) is 2. The van der Waals surface area contributed by atoms with Crippen molar-refractivity contribution >= 4 is 35.5 Å². The van der Waals surface area contributed by atoms with Gasteiger partial charge in [0, 0.05) is 24.1 Å². The van der Waals surface area contributed by atoms with Gasteiger partial charge in [0.05, 0.1) is 18.9 Å². The predicted molar refractivity (Wildman–Crippen MR) is 118 cm³/mol. The lowest BCUT2D eigenvalue weighted by Gasteiger charge is -2.27.